The van der Waals surface area contributed by atoms with Crippen LogP contribution in [0.15, 0.2) is 18.2 Å². The van der Waals surface area contributed by atoms with Crippen LogP contribution in [-0.2, 0) is 0 Å². The highest BCUT2D eigenvalue weighted by molar-refractivity contribution is 7.80. The van der Waals surface area contributed by atoms with Gasteiger partial charge in [0, 0.05) is 12.5 Å². The van der Waals surface area contributed by atoms with E-state index in [0.29, 0.717) is 17.8 Å². The summed E-state index contributed by atoms with van der Waals surface area (Å²) in [4.78, 5) is 12.2. The van der Waals surface area contributed by atoms with Crippen molar-refractivity contribution in [3.63, 3.8) is 0 Å². The predicted octanol–water partition coefficient (Wildman–Crippen LogP) is 2.66. The molecule has 1 unspecified atom stereocenters. The molecule has 0 fully saturated rings. The summed E-state index contributed by atoms with van der Waals surface area (Å²) in [5.74, 6) is -1.24. The van der Waals surface area contributed by atoms with Crippen LogP contribution in [0.4, 0.5) is 4.39 Å². The summed E-state index contributed by atoms with van der Waals surface area (Å²) in [5, 5.41) is 2.60. The monoisotopic (exact) mass is 288 g/mol. The zero-order valence-corrected chi connectivity index (χ0v) is 11.4. The topological polar surface area (TPSA) is 55.1 Å². The van der Waals surface area contributed by atoms with Gasteiger partial charge in [-0.15, -0.1) is 0 Å². The van der Waals surface area contributed by atoms with Gasteiger partial charge >= 0.3 is 0 Å². The van der Waals surface area contributed by atoms with Gasteiger partial charge in [-0.25, -0.2) is 4.39 Å². The number of carbonyl (C=O) groups excluding carboxylic acids is 1. The third kappa shape index (κ3) is 3.92. The van der Waals surface area contributed by atoms with E-state index < -0.39 is 11.7 Å². The Morgan fingerprint density at radius 3 is 2.83 bits per heavy atom. The molecule has 0 saturated heterocycles. The lowest BCUT2D eigenvalue weighted by Crippen LogP contribution is -2.37. The first-order chi connectivity index (χ1) is 8.45. The number of thiocarbonyl (C=S) groups is 1. The van der Waals surface area contributed by atoms with Crippen molar-refractivity contribution < 1.29 is 9.18 Å². The molecule has 0 aliphatic rings. The van der Waals surface area contributed by atoms with Gasteiger partial charge in [0.15, 0.2) is 5.82 Å². The molecule has 0 bridgehead atoms. The molecule has 0 spiro atoms. The molecule has 98 valence electrons. The Bertz CT molecular complexity index is 467. The molecule has 18 heavy (non-hydrogen) atoms. The van der Waals surface area contributed by atoms with Crippen LogP contribution in [0.2, 0.25) is 5.02 Å². The van der Waals surface area contributed by atoms with Crippen molar-refractivity contribution in [1.29, 1.82) is 0 Å². The fourth-order valence-electron chi connectivity index (χ4n) is 1.48. The minimum atomic E-state index is -0.721. The van der Waals surface area contributed by atoms with E-state index in [2.05, 4.69) is 5.32 Å². The van der Waals surface area contributed by atoms with Crippen LogP contribution in [0.1, 0.15) is 30.1 Å². The second-order valence-corrected chi connectivity index (χ2v) is 4.78. The Morgan fingerprint density at radius 2 is 2.28 bits per heavy atom. The lowest BCUT2D eigenvalue weighted by Gasteiger charge is -2.16. The third-order valence-corrected chi connectivity index (χ3v) is 2.93. The molecule has 1 rings (SSSR count). The van der Waals surface area contributed by atoms with Gasteiger partial charge in [0.1, 0.15) is 0 Å². The van der Waals surface area contributed by atoms with E-state index in [4.69, 9.17) is 29.6 Å². The van der Waals surface area contributed by atoms with Crippen LogP contribution >= 0.6 is 23.8 Å². The maximum absolute atomic E-state index is 13.6. The molecule has 0 radical (unpaired) electrons. The molecule has 1 aromatic carbocycles. The van der Waals surface area contributed by atoms with E-state index in [-0.39, 0.29) is 16.6 Å². The lowest BCUT2D eigenvalue weighted by atomic mass is 10.1. The van der Waals surface area contributed by atoms with E-state index >= 15 is 0 Å². The molecule has 0 aromatic heterocycles. The maximum atomic E-state index is 13.6. The molecular weight excluding hydrogens is 275 g/mol. The SMILES string of the molecule is CCC(CC(N)=S)NC(=O)c1cccc(Cl)c1F. The number of carbonyl (C=O) groups is 1. The highest BCUT2D eigenvalue weighted by Crippen LogP contribution is 2.18. The van der Waals surface area contributed by atoms with Crippen molar-refractivity contribution in [2.45, 2.75) is 25.8 Å². The van der Waals surface area contributed by atoms with Crippen LogP contribution in [0.25, 0.3) is 0 Å². The minimum Gasteiger partial charge on any atom is -0.393 e. The summed E-state index contributed by atoms with van der Waals surface area (Å²) in [6.45, 7) is 1.89. The molecule has 1 aromatic rings. The van der Waals surface area contributed by atoms with Gasteiger partial charge in [-0.3, -0.25) is 4.79 Å². The smallest absolute Gasteiger partial charge is 0.254 e. The summed E-state index contributed by atoms with van der Waals surface area (Å²) in [7, 11) is 0. The average molecular weight is 289 g/mol. The number of nitrogens with one attached hydrogen (secondary N) is 1. The van der Waals surface area contributed by atoms with Crippen molar-refractivity contribution in [3.8, 4) is 0 Å². The Balaban J connectivity index is 2.81. The Kier molecular flexibility index (Phi) is 5.50. The van der Waals surface area contributed by atoms with Crippen LogP contribution in [0, 0.1) is 5.82 Å². The van der Waals surface area contributed by atoms with Crippen molar-refractivity contribution in [1.82, 2.24) is 5.32 Å². The second-order valence-electron chi connectivity index (χ2n) is 3.85. The number of rotatable bonds is 5. The minimum absolute atomic E-state index is 0.0787. The van der Waals surface area contributed by atoms with Crippen LogP contribution in [-0.4, -0.2) is 16.9 Å². The maximum Gasteiger partial charge on any atom is 0.254 e. The van der Waals surface area contributed by atoms with Gasteiger partial charge in [0.25, 0.3) is 5.91 Å². The van der Waals surface area contributed by atoms with Gasteiger partial charge in [-0.05, 0) is 18.6 Å². The largest absolute Gasteiger partial charge is 0.393 e. The number of hydrogen-bond acceptors (Lipinski definition) is 2. The first-order valence-electron chi connectivity index (χ1n) is 5.48. The fourth-order valence-corrected chi connectivity index (χ4v) is 1.86. The molecule has 1 atom stereocenters. The molecular formula is C12H14ClFN2OS. The summed E-state index contributed by atoms with van der Waals surface area (Å²) in [6, 6.07) is 4.09. The van der Waals surface area contributed by atoms with Crippen molar-refractivity contribution in [2.24, 2.45) is 5.73 Å². The van der Waals surface area contributed by atoms with Crippen LogP contribution < -0.4 is 11.1 Å². The molecule has 0 aliphatic carbocycles. The molecule has 0 heterocycles. The fraction of sp³-hybridized carbons (Fsp3) is 0.333. The van der Waals surface area contributed by atoms with Gasteiger partial charge in [-0.2, -0.15) is 0 Å². The Hall–Kier alpha value is -1.20. The van der Waals surface area contributed by atoms with E-state index in [9.17, 15) is 9.18 Å². The number of hydrogen-bond donors (Lipinski definition) is 2. The number of amides is 1. The van der Waals surface area contributed by atoms with Gasteiger partial charge < -0.3 is 11.1 Å². The second kappa shape index (κ2) is 6.66. The summed E-state index contributed by atoms with van der Waals surface area (Å²) in [5.41, 5.74) is 5.34. The summed E-state index contributed by atoms with van der Waals surface area (Å²) < 4.78 is 13.6. The van der Waals surface area contributed by atoms with Crippen LogP contribution in [0.3, 0.4) is 0 Å². The van der Waals surface area contributed by atoms with Gasteiger partial charge in [0.2, 0.25) is 0 Å². The first kappa shape index (κ1) is 14.9. The molecule has 0 saturated carbocycles. The number of benzene rings is 1. The molecule has 6 heteroatoms. The quantitative estimate of drug-likeness (QED) is 0.819. The van der Waals surface area contributed by atoms with E-state index in [1.165, 1.54) is 18.2 Å². The zero-order chi connectivity index (χ0) is 13.7. The normalized spacial score (nSPS) is 11.9. The van der Waals surface area contributed by atoms with Crippen molar-refractivity contribution in [3.05, 3.63) is 34.6 Å². The summed E-state index contributed by atoms with van der Waals surface area (Å²) >= 11 is 10.4. The van der Waals surface area contributed by atoms with E-state index in [0.717, 1.165) is 0 Å². The standard InChI is InChI=1S/C12H14ClFN2OS/c1-2-7(6-10(15)18)16-12(17)8-4-3-5-9(13)11(8)14/h3-5,7H,2,6H2,1H3,(H2,15,18)(H,16,17). The highest BCUT2D eigenvalue weighted by atomic mass is 35.5. The first-order valence-corrected chi connectivity index (χ1v) is 6.27. The number of halogens is 2. The average Bonchev–Trinajstić information content (AvgIpc) is 2.31. The van der Waals surface area contributed by atoms with Crippen molar-refractivity contribution >= 4 is 34.7 Å². The van der Waals surface area contributed by atoms with Gasteiger partial charge in [-0.1, -0.05) is 36.8 Å². The van der Waals surface area contributed by atoms with Crippen LogP contribution in [0.5, 0.6) is 0 Å². The number of nitrogens with two attached hydrogens (primary N) is 1. The predicted molar refractivity (Wildman–Crippen MR) is 74.4 cm³/mol. The van der Waals surface area contributed by atoms with Gasteiger partial charge in [0.05, 0.1) is 15.6 Å². The molecule has 3 nitrogen and oxygen atoms in total. The highest BCUT2D eigenvalue weighted by Gasteiger charge is 2.17. The van der Waals surface area contributed by atoms with E-state index in [1.807, 2.05) is 6.92 Å². The lowest BCUT2D eigenvalue weighted by molar-refractivity contribution is 0.0933. The zero-order valence-electron chi connectivity index (χ0n) is 9.87. The molecule has 1 amide bonds. The Morgan fingerprint density at radius 1 is 1.61 bits per heavy atom. The Labute approximate surface area is 115 Å². The third-order valence-electron chi connectivity index (χ3n) is 2.47. The van der Waals surface area contributed by atoms with Crippen molar-refractivity contribution in [2.75, 3.05) is 0 Å². The molecule has 0 aliphatic heterocycles. The van der Waals surface area contributed by atoms with E-state index in [1.54, 1.807) is 0 Å². The molecule has 3 N–H and O–H groups in total. The summed E-state index contributed by atoms with van der Waals surface area (Å²) in [6.07, 6.45) is 1.05.